The van der Waals surface area contributed by atoms with Crippen molar-refractivity contribution >= 4 is 23.1 Å². The van der Waals surface area contributed by atoms with E-state index in [1.807, 2.05) is 48.8 Å². The minimum absolute atomic E-state index is 0.139. The van der Waals surface area contributed by atoms with Gasteiger partial charge in [-0.1, -0.05) is 25.1 Å². The summed E-state index contributed by atoms with van der Waals surface area (Å²) in [6, 6.07) is 15.3. The lowest BCUT2D eigenvalue weighted by Crippen LogP contribution is -2.35. The molecule has 4 rings (SSSR count). The highest BCUT2D eigenvalue weighted by atomic mass is 19.3. The van der Waals surface area contributed by atoms with Crippen molar-refractivity contribution in [3.8, 4) is 22.8 Å². The Morgan fingerprint density at radius 2 is 1.92 bits per heavy atom. The molecule has 4 aromatic rings. The van der Waals surface area contributed by atoms with Crippen LogP contribution >= 0.6 is 0 Å². The molecule has 0 spiro atoms. The van der Waals surface area contributed by atoms with Gasteiger partial charge in [-0.2, -0.15) is 8.78 Å². The summed E-state index contributed by atoms with van der Waals surface area (Å²) < 4.78 is 37.7. The molecule has 192 valence electrons. The molecule has 0 unspecified atom stereocenters. The van der Waals surface area contributed by atoms with E-state index in [2.05, 4.69) is 20.4 Å². The monoisotopic (exact) mass is 508 g/mol. The normalized spacial score (nSPS) is 10.9. The van der Waals surface area contributed by atoms with Crippen molar-refractivity contribution in [3.63, 3.8) is 0 Å². The first-order chi connectivity index (χ1) is 17.8. The lowest BCUT2D eigenvalue weighted by molar-refractivity contribution is -0.136. The number of imidazole rings is 1. The largest absolute Gasteiger partial charge is 0.493 e. The van der Waals surface area contributed by atoms with Crippen LogP contribution in [-0.2, 0) is 16.1 Å². The summed E-state index contributed by atoms with van der Waals surface area (Å²) in [5, 5.41) is 4.99. The summed E-state index contributed by atoms with van der Waals surface area (Å²) in [5.41, 5.74) is 4.01. The molecule has 2 heterocycles. The molecule has 37 heavy (non-hydrogen) atoms. The zero-order valence-corrected chi connectivity index (χ0v) is 20.3. The lowest BCUT2D eigenvalue weighted by atomic mass is 10.1. The van der Waals surface area contributed by atoms with E-state index in [1.54, 1.807) is 24.3 Å². The molecule has 2 aromatic carbocycles. The van der Waals surface area contributed by atoms with Gasteiger partial charge in [0.2, 0.25) is 0 Å². The predicted octanol–water partition coefficient (Wildman–Crippen LogP) is 4.95. The maximum absolute atomic E-state index is 12.9. The fourth-order valence-electron chi connectivity index (χ4n) is 3.69. The zero-order chi connectivity index (χ0) is 26.4. The van der Waals surface area contributed by atoms with Crippen molar-refractivity contribution in [2.24, 2.45) is 0 Å². The third-order valence-corrected chi connectivity index (χ3v) is 5.47. The summed E-state index contributed by atoms with van der Waals surface area (Å²) in [5.74, 6) is -1.60. The van der Waals surface area contributed by atoms with E-state index >= 15 is 0 Å². The number of fused-ring (bicyclic) bond motifs is 1. The number of hydrogen-bond donors (Lipinski definition) is 2. The third kappa shape index (κ3) is 6.40. The second-order valence-electron chi connectivity index (χ2n) is 8.26. The van der Waals surface area contributed by atoms with Crippen LogP contribution < -0.4 is 20.1 Å². The molecular weight excluding hydrogens is 482 g/mol. The Morgan fingerprint density at radius 3 is 2.68 bits per heavy atom. The van der Waals surface area contributed by atoms with Crippen LogP contribution in [0, 0.1) is 6.92 Å². The Bertz CT molecular complexity index is 1420. The number of halogens is 2. The minimum atomic E-state index is -3.05. The summed E-state index contributed by atoms with van der Waals surface area (Å²) in [6.07, 6.45) is 4.53. The van der Waals surface area contributed by atoms with Crippen LogP contribution in [0.5, 0.6) is 11.5 Å². The molecule has 0 saturated heterocycles. The number of nitrogens with one attached hydrogen (secondary N) is 2. The summed E-state index contributed by atoms with van der Waals surface area (Å²) >= 11 is 0. The van der Waals surface area contributed by atoms with Crippen LogP contribution in [-0.4, -0.2) is 34.4 Å². The number of rotatable bonds is 9. The van der Waals surface area contributed by atoms with E-state index in [0.717, 1.165) is 23.2 Å². The predicted molar refractivity (Wildman–Crippen MR) is 135 cm³/mol. The number of aryl methyl sites for hydroxylation is 1. The summed E-state index contributed by atoms with van der Waals surface area (Å²) in [7, 11) is 0. The first kappa shape index (κ1) is 25.6. The van der Waals surface area contributed by atoms with Crippen LogP contribution in [0.15, 0.2) is 67.0 Å². The van der Waals surface area contributed by atoms with Gasteiger partial charge in [0.25, 0.3) is 0 Å². The number of amides is 2. The fraction of sp³-hybridized carbons (Fsp3) is 0.222. The van der Waals surface area contributed by atoms with Gasteiger partial charge >= 0.3 is 18.4 Å². The van der Waals surface area contributed by atoms with Crippen molar-refractivity contribution < 1.29 is 27.8 Å². The standard InChI is InChI=1S/C27H26F2N4O4/c1-3-12-36-21-10-9-19(23(14-21)37-27(28)29)15-30-25(34)26(35)31-20-8-4-7-18(13-20)22-16-33-11-5-6-17(2)24(33)32-22/h4-11,13-14,16,27H,3,12,15H2,1-2H3,(H,30,34)(H,31,35). The van der Waals surface area contributed by atoms with Gasteiger partial charge in [-0.05, 0) is 49.2 Å². The maximum atomic E-state index is 12.9. The molecule has 0 bridgehead atoms. The Morgan fingerprint density at radius 1 is 1.08 bits per heavy atom. The number of hydrogen-bond acceptors (Lipinski definition) is 5. The average Bonchev–Trinajstić information content (AvgIpc) is 3.32. The van der Waals surface area contributed by atoms with Gasteiger partial charge in [-0.25, -0.2) is 4.98 Å². The lowest BCUT2D eigenvalue weighted by Gasteiger charge is -2.14. The van der Waals surface area contributed by atoms with E-state index in [4.69, 9.17) is 4.74 Å². The van der Waals surface area contributed by atoms with Gasteiger partial charge in [0, 0.05) is 41.8 Å². The number of carbonyl (C=O) groups excluding carboxylic acids is 2. The molecule has 0 aliphatic carbocycles. The molecule has 0 fully saturated rings. The number of alkyl halides is 2. The summed E-state index contributed by atoms with van der Waals surface area (Å²) in [6.45, 7) is 1.06. The molecule has 8 nitrogen and oxygen atoms in total. The van der Waals surface area contributed by atoms with Crippen LogP contribution in [0.25, 0.3) is 16.9 Å². The topological polar surface area (TPSA) is 94.0 Å². The average molecular weight is 509 g/mol. The highest BCUT2D eigenvalue weighted by molar-refractivity contribution is 6.39. The zero-order valence-electron chi connectivity index (χ0n) is 20.3. The molecule has 0 atom stereocenters. The fourth-order valence-corrected chi connectivity index (χ4v) is 3.69. The van der Waals surface area contributed by atoms with Gasteiger partial charge < -0.3 is 24.5 Å². The Balaban J connectivity index is 1.41. The van der Waals surface area contributed by atoms with Crippen molar-refractivity contribution in [1.82, 2.24) is 14.7 Å². The number of carbonyl (C=O) groups is 2. The van der Waals surface area contributed by atoms with Crippen molar-refractivity contribution in [2.45, 2.75) is 33.4 Å². The van der Waals surface area contributed by atoms with E-state index in [9.17, 15) is 18.4 Å². The number of ether oxygens (including phenoxy) is 2. The molecule has 0 aliphatic heterocycles. The molecule has 2 aromatic heterocycles. The van der Waals surface area contributed by atoms with Crippen molar-refractivity contribution in [3.05, 3.63) is 78.1 Å². The number of benzene rings is 2. The van der Waals surface area contributed by atoms with E-state index in [-0.39, 0.29) is 17.9 Å². The number of nitrogens with zero attached hydrogens (tertiary/aromatic N) is 2. The Kier molecular flexibility index (Phi) is 7.97. The van der Waals surface area contributed by atoms with Crippen LogP contribution in [0.3, 0.4) is 0 Å². The van der Waals surface area contributed by atoms with E-state index in [1.165, 1.54) is 12.1 Å². The second kappa shape index (κ2) is 11.5. The Labute approximate surface area is 212 Å². The molecule has 2 N–H and O–H groups in total. The molecule has 0 radical (unpaired) electrons. The molecular formula is C27H26F2N4O4. The molecule has 10 heteroatoms. The first-order valence-electron chi connectivity index (χ1n) is 11.7. The van der Waals surface area contributed by atoms with Crippen molar-refractivity contribution in [2.75, 3.05) is 11.9 Å². The van der Waals surface area contributed by atoms with Gasteiger partial charge in [-0.15, -0.1) is 0 Å². The van der Waals surface area contributed by atoms with Crippen LogP contribution in [0.1, 0.15) is 24.5 Å². The second-order valence-corrected chi connectivity index (χ2v) is 8.26. The summed E-state index contributed by atoms with van der Waals surface area (Å²) in [4.78, 5) is 29.6. The smallest absolute Gasteiger partial charge is 0.387 e. The molecule has 0 saturated carbocycles. The van der Waals surface area contributed by atoms with Crippen molar-refractivity contribution in [1.29, 1.82) is 0 Å². The third-order valence-electron chi connectivity index (χ3n) is 5.47. The SMILES string of the molecule is CCCOc1ccc(CNC(=O)C(=O)Nc2cccc(-c3cn4cccc(C)c4n3)c2)c(OC(F)F)c1. The highest BCUT2D eigenvalue weighted by Crippen LogP contribution is 2.27. The molecule has 2 amide bonds. The first-order valence-corrected chi connectivity index (χ1v) is 11.7. The van der Waals surface area contributed by atoms with Gasteiger partial charge in [-0.3, -0.25) is 9.59 Å². The van der Waals surface area contributed by atoms with E-state index < -0.39 is 18.4 Å². The Hall–Kier alpha value is -4.47. The van der Waals surface area contributed by atoms with Gasteiger partial charge in [0.15, 0.2) is 0 Å². The van der Waals surface area contributed by atoms with Crippen LogP contribution in [0.2, 0.25) is 0 Å². The van der Waals surface area contributed by atoms with Crippen LogP contribution in [0.4, 0.5) is 14.5 Å². The van der Waals surface area contributed by atoms with Gasteiger partial charge in [0.1, 0.15) is 17.1 Å². The minimum Gasteiger partial charge on any atom is -0.493 e. The van der Waals surface area contributed by atoms with E-state index in [0.29, 0.717) is 23.7 Å². The van der Waals surface area contributed by atoms with Gasteiger partial charge in [0.05, 0.1) is 12.3 Å². The number of aromatic nitrogens is 2. The highest BCUT2D eigenvalue weighted by Gasteiger charge is 2.17. The molecule has 0 aliphatic rings. The number of anilines is 1. The number of pyridine rings is 1. The quantitative estimate of drug-likeness (QED) is 0.312. The maximum Gasteiger partial charge on any atom is 0.387 e.